The monoisotopic (exact) mass is 715 g/mol. The lowest BCUT2D eigenvalue weighted by Gasteiger charge is -2.27. The second kappa shape index (κ2) is 7.97. The van der Waals surface area contributed by atoms with Gasteiger partial charge in [0.25, 0.3) is 0 Å². The number of carbonyl (C=O) groups excluding carboxylic acids is 2. The summed E-state index contributed by atoms with van der Waals surface area (Å²) in [4.78, 5) is 24.7. The molecule has 1 N–H and O–H groups in total. The number of carbonyl (C=O) groups is 2. The van der Waals surface area contributed by atoms with Crippen LogP contribution < -0.4 is 4.72 Å². The fourth-order valence-corrected chi connectivity index (χ4v) is 6.75. The van der Waals surface area contributed by atoms with E-state index in [0.29, 0.717) is 18.4 Å². The highest BCUT2D eigenvalue weighted by Crippen LogP contribution is 2.50. The van der Waals surface area contributed by atoms with Crippen LogP contribution in [0.3, 0.4) is 0 Å². The number of benzene rings is 1. The first-order valence-corrected chi connectivity index (χ1v) is 13.0. The van der Waals surface area contributed by atoms with E-state index >= 15 is 0 Å². The van der Waals surface area contributed by atoms with Crippen molar-refractivity contribution in [1.82, 2.24) is 4.72 Å². The molecule has 1 aromatic carbocycles. The Kier molecular flexibility index (Phi) is 6.44. The van der Waals surface area contributed by atoms with E-state index in [1.165, 1.54) is 0 Å². The van der Waals surface area contributed by atoms with Crippen LogP contribution in [0.15, 0.2) is 12.1 Å². The highest BCUT2D eigenvalue weighted by atomic mass is 127. The van der Waals surface area contributed by atoms with Crippen LogP contribution >= 0.6 is 67.8 Å². The maximum absolute atomic E-state index is 12.6. The van der Waals surface area contributed by atoms with Crippen molar-refractivity contribution in [3.8, 4) is 0 Å². The van der Waals surface area contributed by atoms with Gasteiger partial charge in [0.15, 0.2) is 0 Å². The van der Waals surface area contributed by atoms with Crippen molar-refractivity contribution in [3.05, 3.63) is 28.4 Å². The summed E-state index contributed by atoms with van der Waals surface area (Å²) in [5.74, 6) is -0.913. The first-order valence-electron chi connectivity index (χ1n) is 7.92. The molecule has 4 unspecified atom stereocenters. The van der Waals surface area contributed by atoms with Gasteiger partial charge in [-0.25, -0.2) is 13.2 Å². The second-order valence-electron chi connectivity index (χ2n) is 6.77. The first kappa shape index (κ1) is 21.0. The summed E-state index contributed by atoms with van der Waals surface area (Å²) in [6, 6.07) is 3.82. The third-order valence-corrected chi connectivity index (χ3v) is 9.13. The van der Waals surface area contributed by atoms with Crippen LogP contribution in [0.1, 0.15) is 29.6 Å². The molecule has 0 heterocycles. The largest absolute Gasteiger partial charge is 0.458 e. The van der Waals surface area contributed by atoms with Crippen LogP contribution in [0.5, 0.6) is 0 Å². The Morgan fingerprint density at radius 2 is 1.81 bits per heavy atom. The number of fused-ring (bicyclic) bond motifs is 2. The molecular formula is C16H16I3NO5S. The number of rotatable bonds is 4. The van der Waals surface area contributed by atoms with Crippen molar-refractivity contribution in [2.75, 3.05) is 6.26 Å². The molecule has 2 aliphatic carbocycles. The highest BCUT2D eigenvalue weighted by molar-refractivity contribution is 14.1. The van der Waals surface area contributed by atoms with Gasteiger partial charge in [-0.2, -0.15) is 0 Å². The molecule has 0 aliphatic heterocycles. The summed E-state index contributed by atoms with van der Waals surface area (Å²) in [7, 11) is -3.55. The zero-order chi connectivity index (χ0) is 19.2. The fraction of sp³-hybridized carbons (Fsp3) is 0.500. The Bertz CT molecular complexity index is 873. The average Bonchev–Trinajstić information content (AvgIpc) is 3.09. The first-order chi connectivity index (χ1) is 12.0. The van der Waals surface area contributed by atoms with Crippen molar-refractivity contribution in [2.45, 2.75) is 25.4 Å². The minimum Gasteiger partial charge on any atom is -0.458 e. The zero-order valence-corrected chi connectivity index (χ0v) is 21.0. The van der Waals surface area contributed by atoms with Crippen molar-refractivity contribution in [1.29, 1.82) is 0 Å². The summed E-state index contributed by atoms with van der Waals surface area (Å²) < 4.78 is 33.2. The van der Waals surface area contributed by atoms with Gasteiger partial charge in [0.2, 0.25) is 15.9 Å². The van der Waals surface area contributed by atoms with Crippen LogP contribution in [-0.2, 0) is 19.6 Å². The SMILES string of the molecule is CS(=O)(=O)NC(=O)C1CC2CC1CC2OC(=O)c1cc(I)cc(I)c1I. The van der Waals surface area contributed by atoms with E-state index in [0.717, 1.165) is 23.4 Å². The second-order valence-corrected chi connectivity index (χ2v) is 12.0. The molecular weight excluding hydrogens is 699 g/mol. The van der Waals surface area contributed by atoms with Gasteiger partial charge in [0.05, 0.1) is 11.8 Å². The van der Waals surface area contributed by atoms with E-state index < -0.39 is 15.9 Å². The van der Waals surface area contributed by atoms with Gasteiger partial charge in [-0.15, -0.1) is 0 Å². The molecule has 0 aromatic heterocycles. The minimum absolute atomic E-state index is 0.0645. The predicted octanol–water partition coefficient (Wildman–Crippen LogP) is 3.15. The Hall–Kier alpha value is 0.300. The summed E-state index contributed by atoms with van der Waals surface area (Å²) in [6.07, 6.45) is 2.73. The molecule has 2 aliphatic rings. The molecule has 2 fully saturated rings. The van der Waals surface area contributed by atoms with Crippen LogP contribution in [0, 0.1) is 28.5 Å². The van der Waals surface area contributed by atoms with Crippen molar-refractivity contribution < 1.29 is 22.7 Å². The van der Waals surface area contributed by atoms with Gasteiger partial charge in [0.1, 0.15) is 6.10 Å². The standard InChI is InChI=1S/C16H16I3NO5S/c1-26(23,24)20-15(21)10-3-8-2-7(10)4-13(8)25-16(22)11-5-9(17)6-12(18)14(11)19/h5-8,10,13H,2-4H2,1H3,(H,20,21). The third-order valence-electron chi connectivity index (χ3n) is 4.89. The summed E-state index contributed by atoms with van der Waals surface area (Å²) in [5.41, 5.74) is 0.566. The molecule has 0 spiro atoms. The van der Waals surface area contributed by atoms with Crippen LogP contribution in [0.2, 0.25) is 0 Å². The molecule has 4 atom stereocenters. The van der Waals surface area contributed by atoms with E-state index in [2.05, 4.69) is 72.5 Å². The van der Waals surface area contributed by atoms with Gasteiger partial charge < -0.3 is 4.74 Å². The lowest BCUT2D eigenvalue weighted by atomic mass is 9.87. The molecule has 2 saturated carbocycles. The van der Waals surface area contributed by atoms with E-state index in [1.807, 2.05) is 12.1 Å². The predicted molar refractivity (Wildman–Crippen MR) is 121 cm³/mol. The highest BCUT2D eigenvalue weighted by Gasteiger charge is 2.50. The van der Waals surface area contributed by atoms with Gasteiger partial charge >= 0.3 is 5.97 Å². The number of halogens is 3. The molecule has 10 heteroatoms. The Morgan fingerprint density at radius 1 is 1.12 bits per heavy atom. The van der Waals surface area contributed by atoms with Gasteiger partial charge in [-0.05, 0) is 111 Å². The lowest BCUT2D eigenvalue weighted by molar-refractivity contribution is -0.125. The molecule has 3 rings (SSSR count). The number of sulfonamides is 1. The topological polar surface area (TPSA) is 89.5 Å². The number of ether oxygens (including phenoxy) is 1. The number of hydrogen-bond donors (Lipinski definition) is 1. The molecule has 142 valence electrons. The number of esters is 1. The van der Waals surface area contributed by atoms with E-state index in [-0.39, 0.29) is 29.8 Å². The fourth-order valence-electron chi connectivity index (χ4n) is 3.85. The Morgan fingerprint density at radius 3 is 2.38 bits per heavy atom. The summed E-state index contributed by atoms with van der Waals surface area (Å²) in [6.45, 7) is 0. The van der Waals surface area contributed by atoms with E-state index in [9.17, 15) is 18.0 Å². The maximum atomic E-state index is 12.6. The maximum Gasteiger partial charge on any atom is 0.339 e. The third kappa shape index (κ3) is 4.64. The van der Waals surface area contributed by atoms with Crippen LogP contribution in [0.25, 0.3) is 0 Å². The van der Waals surface area contributed by atoms with E-state index in [4.69, 9.17) is 4.74 Å². The average molecular weight is 715 g/mol. The molecule has 6 nitrogen and oxygen atoms in total. The molecule has 1 aromatic rings. The summed E-state index contributed by atoms with van der Waals surface area (Å²) >= 11 is 6.52. The molecule has 26 heavy (non-hydrogen) atoms. The van der Waals surface area contributed by atoms with Gasteiger partial charge in [-0.3, -0.25) is 9.52 Å². The van der Waals surface area contributed by atoms with Crippen molar-refractivity contribution in [3.63, 3.8) is 0 Å². The number of amides is 1. The Labute approximate surface area is 193 Å². The van der Waals surface area contributed by atoms with Gasteiger partial charge in [-0.1, -0.05) is 0 Å². The lowest BCUT2D eigenvalue weighted by Crippen LogP contribution is -2.39. The molecule has 2 bridgehead atoms. The molecule has 0 saturated heterocycles. The number of hydrogen-bond acceptors (Lipinski definition) is 5. The quantitative estimate of drug-likeness (QED) is 0.294. The minimum atomic E-state index is -3.55. The van der Waals surface area contributed by atoms with Crippen LogP contribution in [-0.4, -0.2) is 32.7 Å². The van der Waals surface area contributed by atoms with E-state index in [1.54, 1.807) is 0 Å². The van der Waals surface area contributed by atoms with Gasteiger partial charge in [0, 0.05) is 16.6 Å². The molecule has 0 radical (unpaired) electrons. The van der Waals surface area contributed by atoms with Crippen molar-refractivity contribution in [2.24, 2.45) is 17.8 Å². The molecule has 1 amide bonds. The summed E-state index contributed by atoms with van der Waals surface area (Å²) in [5, 5.41) is 0. The Balaban J connectivity index is 1.65. The number of nitrogens with one attached hydrogen (secondary N) is 1. The van der Waals surface area contributed by atoms with Crippen molar-refractivity contribution >= 4 is 89.7 Å². The zero-order valence-electron chi connectivity index (χ0n) is 13.7. The normalized spacial score (nSPS) is 27.4. The smallest absolute Gasteiger partial charge is 0.339 e. The van der Waals surface area contributed by atoms with Crippen LogP contribution in [0.4, 0.5) is 0 Å².